The summed E-state index contributed by atoms with van der Waals surface area (Å²) in [4.78, 5) is 8.99. The van der Waals surface area contributed by atoms with Crippen LogP contribution in [-0.4, -0.2) is 16.5 Å². The number of nitrogens with zero attached hydrogens (tertiary/aromatic N) is 2. The largest absolute Gasteiger partial charge is 0.305 e. The van der Waals surface area contributed by atoms with Crippen LogP contribution in [0, 0.1) is 0 Å². The molecule has 3 rings (SSSR count). The number of benzene rings is 1. The van der Waals surface area contributed by atoms with E-state index in [0.717, 1.165) is 27.6 Å². The van der Waals surface area contributed by atoms with E-state index in [1.54, 1.807) is 0 Å². The second kappa shape index (κ2) is 6.33. The van der Waals surface area contributed by atoms with E-state index in [0.29, 0.717) is 0 Å². The minimum Gasteiger partial charge on any atom is -0.305 e. The van der Waals surface area contributed by atoms with Gasteiger partial charge in [-0.25, -0.2) is 0 Å². The van der Waals surface area contributed by atoms with E-state index in [-0.39, 0.29) is 6.04 Å². The lowest BCUT2D eigenvalue weighted by atomic mass is 9.98. The van der Waals surface area contributed by atoms with Crippen LogP contribution in [0.2, 0.25) is 0 Å². The maximum absolute atomic E-state index is 4.55. The van der Waals surface area contributed by atoms with Gasteiger partial charge in [0.15, 0.2) is 0 Å². The number of halogens is 1. The Morgan fingerprint density at radius 2 is 1.86 bits per heavy atom. The van der Waals surface area contributed by atoms with Crippen molar-refractivity contribution in [2.24, 2.45) is 0 Å². The van der Waals surface area contributed by atoms with Crippen molar-refractivity contribution in [3.05, 3.63) is 70.6 Å². The Bertz CT molecular complexity index is 752. The molecule has 0 aliphatic heterocycles. The number of aromatic nitrogens is 2. The Labute approximate surface area is 132 Å². The highest BCUT2D eigenvalue weighted by Gasteiger charge is 2.19. The SMILES string of the molecule is CCNC(c1ncccc1Br)c1cccc2ncccc12. The van der Waals surface area contributed by atoms with Gasteiger partial charge in [-0.2, -0.15) is 0 Å². The van der Waals surface area contributed by atoms with Gasteiger partial charge in [-0.05, 0) is 52.3 Å². The molecule has 106 valence electrons. The fraction of sp³-hybridized carbons (Fsp3) is 0.176. The molecule has 0 radical (unpaired) electrons. The first kappa shape index (κ1) is 14.2. The number of nitrogens with one attached hydrogen (secondary N) is 1. The van der Waals surface area contributed by atoms with Crippen LogP contribution in [0.15, 0.2) is 59.3 Å². The monoisotopic (exact) mass is 341 g/mol. The normalized spacial score (nSPS) is 12.5. The summed E-state index contributed by atoms with van der Waals surface area (Å²) in [5.41, 5.74) is 3.20. The van der Waals surface area contributed by atoms with Crippen molar-refractivity contribution in [2.75, 3.05) is 6.54 Å². The van der Waals surface area contributed by atoms with Crippen LogP contribution >= 0.6 is 15.9 Å². The van der Waals surface area contributed by atoms with Crippen LogP contribution in [-0.2, 0) is 0 Å². The van der Waals surface area contributed by atoms with Crippen molar-refractivity contribution in [2.45, 2.75) is 13.0 Å². The second-order valence-electron chi connectivity index (χ2n) is 4.78. The molecule has 2 heterocycles. The Morgan fingerprint density at radius 1 is 1.05 bits per heavy atom. The third-order valence-corrected chi connectivity index (χ3v) is 4.13. The lowest BCUT2D eigenvalue weighted by molar-refractivity contribution is 0.616. The van der Waals surface area contributed by atoms with Gasteiger partial charge in [0.05, 0.1) is 17.3 Å². The zero-order valence-corrected chi connectivity index (χ0v) is 13.3. The summed E-state index contributed by atoms with van der Waals surface area (Å²) in [7, 11) is 0. The topological polar surface area (TPSA) is 37.8 Å². The molecule has 1 atom stereocenters. The second-order valence-corrected chi connectivity index (χ2v) is 5.63. The number of hydrogen-bond donors (Lipinski definition) is 1. The molecular formula is C17H16BrN3. The quantitative estimate of drug-likeness (QED) is 0.776. The molecule has 0 bridgehead atoms. The minimum atomic E-state index is 0.0403. The van der Waals surface area contributed by atoms with Gasteiger partial charge in [0.2, 0.25) is 0 Å². The van der Waals surface area contributed by atoms with Crippen molar-refractivity contribution < 1.29 is 0 Å². The van der Waals surface area contributed by atoms with Gasteiger partial charge < -0.3 is 5.32 Å². The van der Waals surface area contributed by atoms with E-state index >= 15 is 0 Å². The molecule has 1 unspecified atom stereocenters. The van der Waals surface area contributed by atoms with Crippen LogP contribution in [0.4, 0.5) is 0 Å². The first-order valence-electron chi connectivity index (χ1n) is 6.98. The third kappa shape index (κ3) is 2.82. The van der Waals surface area contributed by atoms with E-state index < -0.39 is 0 Å². The van der Waals surface area contributed by atoms with E-state index in [1.807, 2.05) is 42.7 Å². The molecule has 3 nitrogen and oxygen atoms in total. The average Bonchev–Trinajstić information content (AvgIpc) is 2.53. The maximum atomic E-state index is 4.55. The highest BCUT2D eigenvalue weighted by Crippen LogP contribution is 2.30. The maximum Gasteiger partial charge on any atom is 0.0769 e. The Balaban J connectivity index is 2.19. The van der Waals surface area contributed by atoms with Gasteiger partial charge in [-0.3, -0.25) is 9.97 Å². The van der Waals surface area contributed by atoms with Gasteiger partial charge in [0.25, 0.3) is 0 Å². The highest BCUT2D eigenvalue weighted by molar-refractivity contribution is 9.10. The predicted octanol–water partition coefficient (Wildman–Crippen LogP) is 4.09. The molecule has 0 saturated heterocycles. The zero-order valence-electron chi connectivity index (χ0n) is 11.8. The molecule has 0 aliphatic rings. The van der Waals surface area contributed by atoms with Gasteiger partial charge in [-0.15, -0.1) is 0 Å². The molecule has 21 heavy (non-hydrogen) atoms. The first-order valence-corrected chi connectivity index (χ1v) is 7.78. The zero-order chi connectivity index (χ0) is 14.7. The number of hydrogen-bond acceptors (Lipinski definition) is 3. The van der Waals surface area contributed by atoms with E-state index in [9.17, 15) is 0 Å². The summed E-state index contributed by atoms with van der Waals surface area (Å²) in [5.74, 6) is 0. The molecule has 3 aromatic rings. The summed E-state index contributed by atoms with van der Waals surface area (Å²) >= 11 is 3.61. The molecule has 2 aromatic heterocycles. The summed E-state index contributed by atoms with van der Waals surface area (Å²) in [6, 6.07) is 14.3. The number of pyridine rings is 2. The summed E-state index contributed by atoms with van der Waals surface area (Å²) in [6.07, 6.45) is 3.65. The average molecular weight is 342 g/mol. The third-order valence-electron chi connectivity index (χ3n) is 3.46. The predicted molar refractivity (Wildman–Crippen MR) is 89.2 cm³/mol. The fourth-order valence-electron chi connectivity index (χ4n) is 2.55. The van der Waals surface area contributed by atoms with Gasteiger partial charge in [0, 0.05) is 22.3 Å². The van der Waals surface area contributed by atoms with Crippen molar-refractivity contribution in [3.63, 3.8) is 0 Å². The van der Waals surface area contributed by atoms with Gasteiger partial charge >= 0.3 is 0 Å². The molecule has 0 aliphatic carbocycles. The Kier molecular flexibility index (Phi) is 4.27. The lowest BCUT2D eigenvalue weighted by Gasteiger charge is -2.20. The van der Waals surface area contributed by atoms with Crippen LogP contribution < -0.4 is 5.32 Å². The highest BCUT2D eigenvalue weighted by atomic mass is 79.9. The van der Waals surface area contributed by atoms with Crippen molar-refractivity contribution in [1.82, 2.24) is 15.3 Å². The number of fused-ring (bicyclic) bond motifs is 1. The molecule has 0 spiro atoms. The molecule has 0 fully saturated rings. The smallest absolute Gasteiger partial charge is 0.0769 e. The van der Waals surface area contributed by atoms with Crippen LogP contribution in [0.3, 0.4) is 0 Å². The summed E-state index contributed by atoms with van der Waals surface area (Å²) in [5, 5.41) is 4.68. The first-order chi connectivity index (χ1) is 10.3. The summed E-state index contributed by atoms with van der Waals surface area (Å²) < 4.78 is 1.01. The van der Waals surface area contributed by atoms with E-state index in [1.165, 1.54) is 5.56 Å². The minimum absolute atomic E-state index is 0.0403. The molecule has 0 amide bonds. The lowest BCUT2D eigenvalue weighted by Crippen LogP contribution is -2.23. The molecule has 1 aromatic carbocycles. The molecule has 1 N–H and O–H groups in total. The van der Waals surface area contributed by atoms with Crippen molar-refractivity contribution >= 4 is 26.8 Å². The Morgan fingerprint density at radius 3 is 2.67 bits per heavy atom. The molecule has 0 saturated carbocycles. The fourth-order valence-corrected chi connectivity index (χ4v) is 3.03. The Hall–Kier alpha value is -1.78. The number of rotatable bonds is 4. The van der Waals surface area contributed by atoms with Crippen molar-refractivity contribution in [1.29, 1.82) is 0 Å². The molecule has 4 heteroatoms. The standard InChI is InChI=1S/C17H16BrN3/c1-2-19-16(17-14(18)8-5-11-21-17)13-6-3-9-15-12(13)7-4-10-20-15/h3-11,16,19H,2H2,1H3. The van der Waals surface area contributed by atoms with Crippen LogP contribution in [0.5, 0.6) is 0 Å². The van der Waals surface area contributed by atoms with E-state index in [4.69, 9.17) is 0 Å². The van der Waals surface area contributed by atoms with Gasteiger partial charge in [0.1, 0.15) is 0 Å². The molecular weight excluding hydrogens is 326 g/mol. The van der Waals surface area contributed by atoms with Gasteiger partial charge in [-0.1, -0.05) is 25.1 Å². The van der Waals surface area contributed by atoms with Crippen LogP contribution in [0.1, 0.15) is 24.2 Å². The van der Waals surface area contributed by atoms with Crippen molar-refractivity contribution in [3.8, 4) is 0 Å². The van der Waals surface area contributed by atoms with E-state index in [2.05, 4.69) is 50.3 Å². The summed E-state index contributed by atoms with van der Waals surface area (Å²) in [6.45, 7) is 2.97. The van der Waals surface area contributed by atoms with Crippen LogP contribution in [0.25, 0.3) is 10.9 Å².